The topological polar surface area (TPSA) is 65.1 Å². The molecule has 0 radical (unpaired) electrons. The third-order valence-corrected chi connectivity index (χ3v) is 5.64. The molecule has 166 valence electrons. The average molecular weight is 417 g/mol. The van der Waals surface area contributed by atoms with E-state index in [1.807, 2.05) is 43.9 Å². The Morgan fingerprint density at radius 1 is 1.13 bits per heavy atom. The van der Waals surface area contributed by atoms with E-state index in [1.165, 1.54) is 12.8 Å². The summed E-state index contributed by atoms with van der Waals surface area (Å²) in [6.45, 7) is 9.64. The average Bonchev–Trinajstić information content (AvgIpc) is 3.22. The Bertz CT molecular complexity index is 740. The molecule has 2 aliphatic heterocycles. The predicted molar refractivity (Wildman–Crippen MR) is 120 cm³/mol. The molecule has 1 unspecified atom stereocenters. The number of ether oxygens (including phenoxy) is 1. The van der Waals surface area contributed by atoms with Crippen LogP contribution in [0.5, 0.6) is 0 Å². The highest BCUT2D eigenvalue weighted by atomic mass is 16.6. The van der Waals surface area contributed by atoms with Crippen LogP contribution in [0.4, 0.5) is 21.0 Å². The molecule has 0 aromatic heterocycles. The zero-order valence-electron chi connectivity index (χ0n) is 18.8. The van der Waals surface area contributed by atoms with Crippen molar-refractivity contribution in [2.75, 3.05) is 50.0 Å². The number of hydrogen-bond acceptors (Lipinski definition) is 4. The third kappa shape index (κ3) is 6.03. The van der Waals surface area contributed by atoms with E-state index in [1.54, 1.807) is 11.9 Å². The summed E-state index contributed by atoms with van der Waals surface area (Å²) in [6.07, 6.45) is 4.02. The second-order valence-corrected chi connectivity index (χ2v) is 9.46. The molecule has 1 aromatic carbocycles. The standard InChI is InChI=1S/C23H36N4O3/c1-23(2,3)30-22(29)25(4)16-18-10-9-15-27(17-18)21(28)24-19-11-5-6-12-20(19)26-13-7-8-14-26/h5-6,11-12,18H,7-10,13-17H2,1-4H3,(H,24,28). The molecule has 1 atom stereocenters. The summed E-state index contributed by atoms with van der Waals surface area (Å²) in [4.78, 5) is 31.1. The van der Waals surface area contributed by atoms with Crippen LogP contribution < -0.4 is 10.2 Å². The normalized spacial score (nSPS) is 19.5. The molecule has 1 aromatic rings. The highest BCUT2D eigenvalue weighted by molar-refractivity contribution is 5.93. The van der Waals surface area contributed by atoms with Crippen molar-refractivity contribution >= 4 is 23.5 Å². The number of hydrogen-bond donors (Lipinski definition) is 1. The lowest BCUT2D eigenvalue weighted by Gasteiger charge is -2.35. The Balaban J connectivity index is 1.57. The van der Waals surface area contributed by atoms with Crippen molar-refractivity contribution in [1.29, 1.82) is 0 Å². The molecule has 2 fully saturated rings. The molecule has 1 N–H and O–H groups in total. The van der Waals surface area contributed by atoms with Crippen LogP contribution in [-0.2, 0) is 4.74 Å². The van der Waals surface area contributed by atoms with Gasteiger partial charge in [-0.2, -0.15) is 0 Å². The molecule has 7 heteroatoms. The van der Waals surface area contributed by atoms with Crippen molar-refractivity contribution in [3.8, 4) is 0 Å². The Morgan fingerprint density at radius 3 is 2.53 bits per heavy atom. The van der Waals surface area contributed by atoms with E-state index in [2.05, 4.69) is 16.3 Å². The number of anilines is 2. The van der Waals surface area contributed by atoms with Gasteiger partial charge in [0.1, 0.15) is 5.60 Å². The molecule has 0 saturated carbocycles. The van der Waals surface area contributed by atoms with Gasteiger partial charge in [0.2, 0.25) is 0 Å². The van der Waals surface area contributed by atoms with E-state index in [0.717, 1.165) is 43.9 Å². The summed E-state index contributed by atoms with van der Waals surface area (Å²) >= 11 is 0. The first-order valence-corrected chi connectivity index (χ1v) is 11.1. The largest absolute Gasteiger partial charge is 0.444 e. The van der Waals surface area contributed by atoms with Crippen molar-refractivity contribution in [1.82, 2.24) is 9.80 Å². The Hall–Kier alpha value is -2.44. The van der Waals surface area contributed by atoms with Crippen molar-refractivity contribution < 1.29 is 14.3 Å². The van der Waals surface area contributed by atoms with Crippen LogP contribution in [0, 0.1) is 5.92 Å². The first-order chi connectivity index (χ1) is 14.2. The Morgan fingerprint density at radius 2 is 1.83 bits per heavy atom. The molecule has 7 nitrogen and oxygen atoms in total. The molecule has 30 heavy (non-hydrogen) atoms. The van der Waals surface area contributed by atoms with Gasteiger partial charge in [-0.3, -0.25) is 0 Å². The fourth-order valence-corrected chi connectivity index (χ4v) is 4.21. The van der Waals surface area contributed by atoms with Crippen LogP contribution in [0.3, 0.4) is 0 Å². The number of nitrogens with one attached hydrogen (secondary N) is 1. The maximum absolute atomic E-state index is 13.0. The van der Waals surface area contributed by atoms with E-state index >= 15 is 0 Å². The van der Waals surface area contributed by atoms with E-state index in [4.69, 9.17) is 4.74 Å². The third-order valence-electron chi connectivity index (χ3n) is 5.64. The lowest BCUT2D eigenvalue weighted by Crippen LogP contribution is -2.46. The zero-order chi connectivity index (χ0) is 21.7. The van der Waals surface area contributed by atoms with Crippen molar-refractivity contribution in [2.24, 2.45) is 5.92 Å². The summed E-state index contributed by atoms with van der Waals surface area (Å²) in [5.74, 6) is 0.246. The summed E-state index contributed by atoms with van der Waals surface area (Å²) in [5.41, 5.74) is 1.46. The van der Waals surface area contributed by atoms with E-state index in [9.17, 15) is 9.59 Å². The van der Waals surface area contributed by atoms with Crippen molar-refractivity contribution in [3.63, 3.8) is 0 Å². The van der Waals surface area contributed by atoms with E-state index < -0.39 is 5.60 Å². The highest BCUT2D eigenvalue weighted by Gasteiger charge is 2.28. The van der Waals surface area contributed by atoms with Gasteiger partial charge in [0, 0.05) is 39.8 Å². The lowest BCUT2D eigenvalue weighted by molar-refractivity contribution is 0.0253. The molecule has 3 amide bonds. The molecule has 0 bridgehead atoms. The fourth-order valence-electron chi connectivity index (χ4n) is 4.21. The molecule has 0 aliphatic carbocycles. The van der Waals surface area contributed by atoms with Crippen LogP contribution in [0.25, 0.3) is 0 Å². The van der Waals surface area contributed by atoms with Crippen LogP contribution in [0.15, 0.2) is 24.3 Å². The molecular weight excluding hydrogens is 380 g/mol. The second kappa shape index (κ2) is 9.58. The number of benzene rings is 1. The number of likely N-dealkylation sites (tertiary alicyclic amines) is 1. The number of urea groups is 1. The van der Waals surface area contributed by atoms with Gasteiger partial charge in [0.15, 0.2) is 0 Å². The second-order valence-electron chi connectivity index (χ2n) is 9.46. The van der Waals surface area contributed by atoms with E-state index in [-0.39, 0.29) is 18.0 Å². The van der Waals surface area contributed by atoms with Crippen LogP contribution in [-0.4, -0.2) is 67.3 Å². The van der Waals surface area contributed by atoms with Gasteiger partial charge >= 0.3 is 12.1 Å². The molecule has 3 rings (SSSR count). The van der Waals surface area contributed by atoms with Crippen LogP contribution in [0.1, 0.15) is 46.5 Å². The number of piperidine rings is 1. The molecule has 2 heterocycles. The minimum absolute atomic E-state index is 0.0636. The van der Waals surface area contributed by atoms with Gasteiger partial charge in [0.05, 0.1) is 11.4 Å². The SMILES string of the molecule is CN(CC1CCCN(C(=O)Nc2ccccc2N2CCCC2)C1)C(=O)OC(C)(C)C. The maximum Gasteiger partial charge on any atom is 0.410 e. The first-order valence-electron chi connectivity index (χ1n) is 11.1. The van der Waals surface area contributed by atoms with Gasteiger partial charge in [-0.25, -0.2) is 9.59 Å². The summed E-state index contributed by atoms with van der Waals surface area (Å²) in [7, 11) is 1.76. The Labute approximate surface area is 180 Å². The number of amides is 3. The maximum atomic E-state index is 13.0. The lowest BCUT2D eigenvalue weighted by atomic mass is 9.98. The van der Waals surface area contributed by atoms with E-state index in [0.29, 0.717) is 13.1 Å². The minimum Gasteiger partial charge on any atom is -0.444 e. The van der Waals surface area contributed by atoms with Crippen LogP contribution >= 0.6 is 0 Å². The van der Waals surface area contributed by atoms with Crippen molar-refractivity contribution in [2.45, 2.75) is 52.1 Å². The number of nitrogens with zero attached hydrogens (tertiary/aromatic N) is 3. The number of rotatable bonds is 4. The summed E-state index contributed by atoms with van der Waals surface area (Å²) in [6, 6.07) is 7.97. The number of carbonyl (C=O) groups is 2. The highest BCUT2D eigenvalue weighted by Crippen LogP contribution is 2.29. The molecular formula is C23H36N4O3. The molecule has 2 saturated heterocycles. The van der Waals surface area contributed by atoms with Crippen molar-refractivity contribution in [3.05, 3.63) is 24.3 Å². The van der Waals surface area contributed by atoms with Gasteiger partial charge in [-0.1, -0.05) is 12.1 Å². The quantitative estimate of drug-likeness (QED) is 0.790. The Kier molecular flexibility index (Phi) is 7.10. The fraction of sp³-hybridized carbons (Fsp3) is 0.652. The predicted octanol–water partition coefficient (Wildman–Crippen LogP) is 4.40. The number of carbonyl (C=O) groups excluding carboxylic acids is 2. The summed E-state index contributed by atoms with van der Waals surface area (Å²) in [5, 5.41) is 3.12. The van der Waals surface area contributed by atoms with Gasteiger partial charge in [0.25, 0.3) is 0 Å². The zero-order valence-corrected chi connectivity index (χ0v) is 18.8. The van der Waals surface area contributed by atoms with Gasteiger partial charge in [-0.15, -0.1) is 0 Å². The van der Waals surface area contributed by atoms with Crippen LogP contribution in [0.2, 0.25) is 0 Å². The smallest absolute Gasteiger partial charge is 0.410 e. The monoisotopic (exact) mass is 416 g/mol. The molecule has 2 aliphatic rings. The number of para-hydroxylation sites is 2. The first kappa shape index (κ1) is 22.2. The molecule has 0 spiro atoms. The summed E-state index contributed by atoms with van der Waals surface area (Å²) < 4.78 is 5.45. The minimum atomic E-state index is -0.507. The van der Waals surface area contributed by atoms with Gasteiger partial charge < -0.3 is 24.8 Å². The van der Waals surface area contributed by atoms with Gasteiger partial charge in [-0.05, 0) is 64.5 Å².